The Hall–Kier alpha value is -3.69. The molecule has 2 atom stereocenters. The minimum atomic E-state index is -4.66. The second-order valence-corrected chi connectivity index (χ2v) is 9.65. The minimum absolute atomic E-state index is 0.0824. The first kappa shape index (κ1) is 25.9. The average Bonchev–Trinajstić information content (AvgIpc) is 3.33. The number of carbonyl (C=O) groups excluding carboxylic acids is 2. The first-order chi connectivity index (χ1) is 18.2. The summed E-state index contributed by atoms with van der Waals surface area (Å²) in [5, 5.41) is 3.43. The molecular formula is C29H28F3N3O3. The van der Waals surface area contributed by atoms with Gasteiger partial charge in [-0.2, -0.15) is 13.2 Å². The Morgan fingerprint density at radius 1 is 0.816 bits per heavy atom. The summed E-state index contributed by atoms with van der Waals surface area (Å²) < 4.78 is 47.3. The van der Waals surface area contributed by atoms with Gasteiger partial charge in [-0.15, -0.1) is 0 Å². The lowest BCUT2D eigenvalue weighted by molar-refractivity contribution is -0.138. The predicted molar refractivity (Wildman–Crippen MR) is 137 cm³/mol. The van der Waals surface area contributed by atoms with Crippen LogP contribution in [0.5, 0.6) is 0 Å². The van der Waals surface area contributed by atoms with Gasteiger partial charge < -0.3 is 19.9 Å². The van der Waals surface area contributed by atoms with Gasteiger partial charge in [-0.05, 0) is 35.4 Å². The normalized spacial score (nSPS) is 19.9. The van der Waals surface area contributed by atoms with Crippen LogP contribution in [0.3, 0.4) is 0 Å². The van der Waals surface area contributed by atoms with Crippen molar-refractivity contribution >= 4 is 11.8 Å². The second kappa shape index (κ2) is 10.6. The van der Waals surface area contributed by atoms with Crippen LogP contribution in [0.2, 0.25) is 0 Å². The summed E-state index contributed by atoms with van der Waals surface area (Å²) in [5.74, 6) is -0.730. The number of amides is 2. The first-order valence-electron chi connectivity index (χ1n) is 12.4. The number of rotatable bonds is 6. The highest BCUT2D eigenvalue weighted by Gasteiger charge is 2.42. The van der Waals surface area contributed by atoms with Crippen molar-refractivity contribution in [2.45, 2.75) is 24.4 Å². The standard InChI is InChI=1S/C29H28F3N3O3/c1-38-26-18-35(27(36)20-10-6-3-7-11-20)17-25(26)33-22-15-34(16-22)28(37)23-13-12-21(14-24(23)29(30,31)32)19-8-4-2-5-9-19/h2-14,22,25-26,33H,15-18H2,1H3/t25-,26-/m1/s1. The highest BCUT2D eigenvalue weighted by molar-refractivity contribution is 5.97. The topological polar surface area (TPSA) is 61.9 Å². The van der Waals surface area contributed by atoms with E-state index in [1.165, 1.54) is 11.0 Å². The number of methoxy groups -OCH3 is 1. The fraction of sp³-hybridized carbons (Fsp3) is 0.310. The summed E-state index contributed by atoms with van der Waals surface area (Å²) >= 11 is 0. The summed E-state index contributed by atoms with van der Waals surface area (Å²) in [7, 11) is 1.59. The lowest BCUT2D eigenvalue weighted by Gasteiger charge is -2.42. The van der Waals surface area contributed by atoms with E-state index in [-0.39, 0.29) is 42.7 Å². The number of halogens is 3. The average molecular weight is 524 g/mol. The number of nitrogens with zero attached hydrogens (tertiary/aromatic N) is 2. The van der Waals surface area contributed by atoms with Crippen molar-refractivity contribution < 1.29 is 27.5 Å². The van der Waals surface area contributed by atoms with Crippen molar-refractivity contribution in [3.05, 3.63) is 95.6 Å². The molecule has 38 heavy (non-hydrogen) atoms. The highest BCUT2D eigenvalue weighted by Crippen LogP contribution is 2.36. The maximum atomic E-state index is 13.9. The summed E-state index contributed by atoms with van der Waals surface area (Å²) in [4.78, 5) is 29.1. The Balaban J connectivity index is 1.23. The molecule has 2 heterocycles. The Bertz CT molecular complexity index is 1290. The van der Waals surface area contributed by atoms with Crippen LogP contribution in [-0.2, 0) is 10.9 Å². The number of likely N-dealkylation sites (tertiary alicyclic amines) is 2. The molecule has 2 fully saturated rings. The molecule has 2 saturated heterocycles. The summed E-state index contributed by atoms with van der Waals surface area (Å²) in [6, 6.07) is 21.4. The van der Waals surface area contributed by atoms with E-state index in [4.69, 9.17) is 4.74 Å². The van der Waals surface area contributed by atoms with E-state index in [9.17, 15) is 22.8 Å². The molecule has 0 bridgehead atoms. The molecule has 2 aliphatic rings. The van der Waals surface area contributed by atoms with Gasteiger partial charge in [0.1, 0.15) is 0 Å². The monoisotopic (exact) mass is 523 g/mol. The molecule has 9 heteroatoms. The lowest BCUT2D eigenvalue weighted by atomic mass is 9.96. The van der Waals surface area contributed by atoms with E-state index in [1.54, 1.807) is 60.5 Å². The quantitative estimate of drug-likeness (QED) is 0.523. The van der Waals surface area contributed by atoms with Gasteiger partial charge >= 0.3 is 6.18 Å². The molecule has 0 radical (unpaired) electrons. The third kappa shape index (κ3) is 5.30. The molecule has 0 spiro atoms. The van der Waals surface area contributed by atoms with Crippen molar-refractivity contribution in [2.75, 3.05) is 33.3 Å². The third-order valence-electron chi connectivity index (χ3n) is 7.16. The van der Waals surface area contributed by atoms with Gasteiger partial charge in [0.25, 0.3) is 11.8 Å². The number of benzene rings is 3. The van der Waals surface area contributed by atoms with E-state index in [0.29, 0.717) is 29.8 Å². The van der Waals surface area contributed by atoms with E-state index in [0.717, 1.165) is 6.07 Å². The van der Waals surface area contributed by atoms with E-state index < -0.39 is 17.6 Å². The smallest absolute Gasteiger partial charge is 0.378 e. The number of ether oxygens (including phenoxy) is 1. The van der Waals surface area contributed by atoms with Gasteiger partial charge in [0.2, 0.25) is 0 Å². The van der Waals surface area contributed by atoms with Crippen molar-refractivity contribution in [3.8, 4) is 11.1 Å². The largest absolute Gasteiger partial charge is 0.417 e. The SMILES string of the molecule is CO[C@@H]1CN(C(=O)c2ccccc2)C[C@H]1NC1CN(C(=O)c2ccc(-c3ccccc3)cc2C(F)(F)F)C1. The number of alkyl halides is 3. The Morgan fingerprint density at radius 3 is 2.08 bits per heavy atom. The Labute approximate surface area is 219 Å². The zero-order chi connectivity index (χ0) is 26.9. The van der Waals surface area contributed by atoms with Crippen molar-refractivity contribution in [1.29, 1.82) is 0 Å². The van der Waals surface area contributed by atoms with Gasteiger partial charge in [0.05, 0.1) is 23.3 Å². The number of hydrogen-bond donors (Lipinski definition) is 1. The molecule has 1 N–H and O–H groups in total. The van der Waals surface area contributed by atoms with Crippen molar-refractivity contribution in [2.24, 2.45) is 0 Å². The summed E-state index contributed by atoms with van der Waals surface area (Å²) in [6.07, 6.45) is -4.89. The molecule has 0 unspecified atom stereocenters. The van der Waals surface area contributed by atoms with Crippen LogP contribution in [0, 0.1) is 0 Å². The van der Waals surface area contributed by atoms with Crippen molar-refractivity contribution in [3.63, 3.8) is 0 Å². The predicted octanol–water partition coefficient (Wildman–Crippen LogP) is 4.33. The number of carbonyl (C=O) groups is 2. The van der Waals surface area contributed by atoms with Crippen LogP contribution in [0.25, 0.3) is 11.1 Å². The highest BCUT2D eigenvalue weighted by atomic mass is 19.4. The van der Waals surface area contributed by atoms with E-state index in [1.807, 2.05) is 18.2 Å². The zero-order valence-electron chi connectivity index (χ0n) is 20.8. The second-order valence-electron chi connectivity index (χ2n) is 9.65. The summed E-state index contributed by atoms with van der Waals surface area (Å²) in [6.45, 7) is 1.42. The minimum Gasteiger partial charge on any atom is -0.378 e. The first-order valence-corrected chi connectivity index (χ1v) is 12.4. The van der Waals surface area contributed by atoms with Crippen molar-refractivity contribution in [1.82, 2.24) is 15.1 Å². The molecular weight excluding hydrogens is 495 g/mol. The molecule has 0 aromatic heterocycles. The maximum absolute atomic E-state index is 13.9. The van der Waals surface area contributed by atoms with Crippen LogP contribution in [-0.4, -0.2) is 73.1 Å². The van der Waals surface area contributed by atoms with E-state index >= 15 is 0 Å². The van der Waals surface area contributed by atoms with Gasteiger partial charge in [0.15, 0.2) is 0 Å². The van der Waals surface area contributed by atoms with Crippen LogP contribution in [0.1, 0.15) is 26.3 Å². The molecule has 3 aromatic rings. The van der Waals surface area contributed by atoms with Gasteiger partial charge in [-0.25, -0.2) is 0 Å². The number of nitrogens with one attached hydrogen (secondary N) is 1. The number of hydrogen-bond acceptors (Lipinski definition) is 4. The molecule has 2 aliphatic heterocycles. The van der Waals surface area contributed by atoms with Gasteiger partial charge in [-0.1, -0.05) is 54.6 Å². The molecule has 3 aromatic carbocycles. The molecule has 0 aliphatic carbocycles. The van der Waals surface area contributed by atoms with Gasteiger partial charge in [-0.3, -0.25) is 9.59 Å². The molecule has 2 amide bonds. The maximum Gasteiger partial charge on any atom is 0.417 e. The van der Waals surface area contributed by atoms with Crippen LogP contribution < -0.4 is 5.32 Å². The Morgan fingerprint density at radius 2 is 1.45 bits per heavy atom. The van der Waals surface area contributed by atoms with Crippen LogP contribution in [0.15, 0.2) is 78.9 Å². The summed E-state index contributed by atoms with van der Waals surface area (Å²) in [5.41, 5.74) is 0.354. The molecule has 198 valence electrons. The van der Waals surface area contributed by atoms with E-state index in [2.05, 4.69) is 5.32 Å². The molecule has 0 saturated carbocycles. The third-order valence-corrected chi connectivity index (χ3v) is 7.16. The van der Waals surface area contributed by atoms with Crippen LogP contribution >= 0.6 is 0 Å². The zero-order valence-corrected chi connectivity index (χ0v) is 20.8. The Kier molecular flexibility index (Phi) is 7.23. The lowest BCUT2D eigenvalue weighted by Crippen LogP contribution is -2.63. The van der Waals surface area contributed by atoms with Crippen LogP contribution in [0.4, 0.5) is 13.2 Å². The fourth-order valence-electron chi connectivity index (χ4n) is 5.10. The fourth-order valence-corrected chi connectivity index (χ4v) is 5.10. The molecule has 6 nitrogen and oxygen atoms in total. The molecule has 5 rings (SSSR count). The van der Waals surface area contributed by atoms with Gasteiger partial charge in [0, 0.05) is 44.9 Å².